The molecule has 0 spiro atoms. The van der Waals surface area contributed by atoms with Crippen molar-refractivity contribution >= 4 is 38.6 Å². The van der Waals surface area contributed by atoms with Gasteiger partial charge in [-0.1, -0.05) is 38.3 Å². The van der Waals surface area contributed by atoms with Crippen molar-refractivity contribution in [2.45, 2.75) is 44.4 Å². The molecule has 0 heterocycles. The van der Waals surface area contributed by atoms with Gasteiger partial charge in [0.2, 0.25) is 10.0 Å². The molecule has 0 saturated carbocycles. The number of rotatable bonds is 10. The lowest BCUT2D eigenvalue weighted by atomic mass is 10.3. The second kappa shape index (κ2) is 9.57. The Balaban J connectivity index is 3.31. The van der Waals surface area contributed by atoms with E-state index in [1.165, 1.54) is 10.4 Å². The van der Waals surface area contributed by atoms with Crippen LogP contribution in [0.25, 0.3) is 0 Å². The van der Waals surface area contributed by atoms with Gasteiger partial charge in [0.25, 0.3) is 11.3 Å². The van der Waals surface area contributed by atoms with Gasteiger partial charge >= 0.3 is 0 Å². The second-order valence-electron chi connectivity index (χ2n) is 5.27. The fourth-order valence-electron chi connectivity index (χ4n) is 2.09. The molecule has 10 heteroatoms. The quantitative estimate of drug-likeness (QED) is 0.414. The number of phenols is 1. The Hall–Kier alpha value is -0.870. The van der Waals surface area contributed by atoms with Crippen LogP contribution >= 0.6 is 11.6 Å². The summed E-state index contributed by atoms with van der Waals surface area (Å²) in [6, 6.07) is 2.29. The molecule has 0 amide bonds. The molecule has 0 saturated heterocycles. The molecule has 1 aromatic rings. The van der Waals surface area contributed by atoms with Crippen LogP contribution in [0.2, 0.25) is 5.02 Å². The number of halogens is 1. The van der Waals surface area contributed by atoms with Gasteiger partial charge in [-0.25, -0.2) is 12.6 Å². The summed E-state index contributed by atoms with van der Waals surface area (Å²) in [4.78, 5) is -0.379. The van der Waals surface area contributed by atoms with Crippen molar-refractivity contribution in [3.8, 4) is 5.75 Å². The molecule has 7 nitrogen and oxygen atoms in total. The third-order valence-corrected chi connectivity index (χ3v) is 5.98. The maximum Gasteiger partial charge on any atom is 0.259 e. The summed E-state index contributed by atoms with van der Waals surface area (Å²) in [7, 11) is -3.98. The highest BCUT2D eigenvalue weighted by atomic mass is 35.5. The molecule has 1 rings (SSSR count). The zero-order valence-corrected chi connectivity index (χ0v) is 16.0. The molecule has 138 valence electrons. The van der Waals surface area contributed by atoms with Gasteiger partial charge in [0.05, 0.1) is 10.7 Å². The zero-order valence-electron chi connectivity index (χ0n) is 13.7. The molecular weight excluding hydrogens is 376 g/mol. The van der Waals surface area contributed by atoms with Gasteiger partial charge in [-0.05, 0) is 25.0 Å². The van der Waals surface area contributed by atoms with Crippen molar-refractivity contribution in [3.63, 3.8) is 0 Å². The van der Waals surface area contributed by atoms with Gasteiger partial charge in [-0.2, -0.15) is 4.31 Å². The molecule has 1 aromatic carbocycles. The minimum absolute atomic E-state index is 0.0307. The molecule has 24 heavy (non-hydrogen) atoms. The summed E-state index contributed by atoms with van der Waals surface area (Å²) in [6.07, 6.45) is 3.04. The molecule has 0 aliphatic carbocycles. The SMILES string of the molecule is CCCCN(CCCC)S(=O)(=O)c1cc(NS(=O)O)cc(Cl)c1O. The van der Waals surface area contributed by atoms with Crippen molar-refractivity contribution in [2.24, 2.45) is 0 Å². The Kier molecular flexibility index (Phi) is 8.44. The summed E-state index contributed by atoms with van der Waals surface area (Å²) >= 11 is 3.48. The fraction of sp³-hybridized carbons (Fsp3) is 0.571. The number of aromatic hydroxyl groups is 1. The van der Waals surface area contributed by atoms with E-state index in [2.05, 4.69) is 4.72 Å². The van der Waals surface area contributed by atoms with Gasteiger partial charge in [-0.3, -0.25) is 9.27 Å². The van der Waals surface area contributed by atoms with E-state index < -0.39 is 27.0 Å². The number of nitrogens with zero attached hydrogens (tertiary/aromatic N) is 1. The number of hydrogen-bond acceptors (Lipinski definition) is 4. The molecule has 0 aromatic heterocycles. The van der Waals surface area contributed by atoms with E-state index in [1.807, 2.05) is 13.8 Å². The Bertz CT molecular complexity index is 674. The molecular formula is C14H23ClN2O5S2. The van der Waals surface area contributed by atoms with Crippen molar-refractivity contribution < 1.29 is 22.3 Å². The summed E-state index contributed by atoms with van der Waals surface area (Å²) in [6.45, 7) is 4.58. The van der Waals surface area contributed by atoms with Crippen LogP contribution in [0, 0.1) is 0 Å². The van der Waals surface area contributed by atoms with Gasteiger partial charge in [-0.15, -0.1) is 0 Å². The lowest BCUT2D eigenvalue weighted by Gasteiger charge is -2.23. The number of sulfonamides is 1. The molecule has 0 radical (unpaired) electrons. The van der Waals surface area contributed by atoms with Gasteiger partial charge in [0.15, 0.2) is 5.75 Å². The Morgan fingerprint density at radius 3 is 2.21 bits per heavy atom. The van der Waals surface area contributed by atoms with E-state index in [0.29, 0.717) is 25.9 Å². The highest BCUT2D eigenvalue weighted by Crippen LogP contribution is 2.36. The zero-order chi connectivity index (χ0) is 18.3. The third-order valence-electron chi connectivity index (χ3n) is 3.37. The van der Waals surface area contributed by atoms with Crippen LogP contribution in [0.3, 0.4) is 0 Å². The highest BCUT2D eigenvalue weighted by Gasteiger charge is 2.28. The fourth-order valence-corrected chi connectivity index (χ4v) is 4.33. The molecule has 0 aliphatic rings. The Morgan fingerprint density at radius 1 is 1.21 bits per heavy atom. The summed E-state index contributed by atoms with van der Waals surface area (Å²) < 4.78 is 49.0. The largest absolute Gasteiger partial charge is 0.505 e. The van der Waals surface area contributed by atoms with E-state index in [9.17, 15) is 17.7 Å². The molecule has 1 atom stereocenters. The minimum Gasteiger partial charge on any atom is -0.505 e. The predicted molar refractivity (Wildman–Crippen MR) is 96.1 cm³/mol. The van der Waals surface area contributed by atoms with Crippen LogP contribution in [0.5, 0.6) is 5.75 Å². The van der Waals surface area contributed by atoms with E-state index in [4.69, 9.17) is 16.2 Å². The Morgan fingerprint density at radius 2 is 1.75 bits per heavy atom. The number of benzene rings is 1. The third kappa shape index (κ3) is 5.59. The number of hydrogen-bond donors (Lipinski definition) is 3. The van der Waals surface area contributed by atoms with E-state index in [-0.39, 0.29) is 15.6 Å². The second-order valence-corrected chi connectivity index (χ2v) is 8.28. The lowest BCUT2D eigenvalue weighted by molar-refractivity contribution is 0.390. The smallest absolute Gasteiger partial charge is 0.259 e. The van der Waals surface area contributed by atoms with Crippen LogP contribution < -0.4 is 4.72 Å². The maximum atomic E-state index is 12.9. The summed E-state index contributed by atoms with van der Waals surface area (Å²) in [5, 5.41) is 9.87. The molecule has 0 aliphatic heterocycles. The topological polar surface area (TPSA) is 107 Å². The number of phenolic OH excluding ortho intramolecular Hbond substituents is 1. The first-order chi connectivity index (χ1) is 11.2. The lowest BCUT2D eigenvalue weighted by Crippen LogP contribution is -2.33. The van der Waals surface area contributed by atoms with Crippen molar-refractivity contribution in [2.75, 3.05) is 17.8 Å². The first-order valence-corrected chi connectivity index (χ1v) is 10.6. The van der Waals surface area contributed by atoms with E-state index in [0.717, 1.165) is 18.9 Å². The van der Waals surface area contributed by atoms with E-state index >= 15 is 0 Å². The number of unbranched alkanes of at least 4 members (excludes halogenated alkanes) is 2. The summed E-state index contributed by atoms with van der Waals surface area (Å²) in [5.41, 5.74) is 0.0307. The van der Waals surface area contributed by atoms with Crippen LogP contribution in [-0.4, -0.2) is 39.7 Å². The minimum atomic E-state index is -3.98. The molecule has 3 N–H and O–H groups in total. The first-order valence-electron chi connectivity index (χ1n) is 7.64. The molecule has 0 bridgehead atoms. The molecule has 1 unspecified atom stereocenters. The first kappa shape index (κ1) is 21.2. The van der Waals surface area contributed by atoms with Crippen molar-refractivity contribution in [1.82, 2.24) is 4.31 Å². The maximum absolute atomic E-state index is 12.9. The average Bonchev–Trinajstić information content (AvgIpc) is 2.49. The Labute approximate surface area is 150 Å². The van der Waals surface area contributed by atoms with Gasteiger partial charge in [0.1, 0.15) is 4.90 Å². The van der Waals surface area contributed by atoms with E-state index in [1.54, 1.807) is 0 Å². The molecule has 0 fully saturated rings. The normalized spacial score (nSPS) is 13.2. The van der Waals surface area contributed by atoms with Gasteiger partial charge < -0.3 is 5.11 Å². The summed E-state index contributed by atoms with van der Waals surface area (Å²) in [5.74, 6) is -0.566. The monoisotopic (exact) mass is 398 g/mol. The van der Waals surface area contributed by atoms with Crippen LogP contribution in [0.1, 0.15) is 39.5 Å². The standard InChI is InChI=1S/C14H23ClN2O5S2/c1-3-5-7-17(8-6-4-2)24(21,22)13-10-11(16-23(19)20)9-12(15)14(13)18/h9-10,16,18H,3-8H2,1-2H3,(H,19,20). The number of anilines is 1. The van der Waals surface area contributed by atoms with Crippen LogP contribution in [-0.2, 0) is 21.3 Å². The van der Waals surface area contributed by atoms with Gasteiger partial charge in [0, 0.05) is 13.1 Å². The predicted octanol–water partition coefficient (Wildman–Crippen LogP) is 3.19. The van der Waals surface area contributed by atoms with Crippen LogP contribution in [0.4, 0.5) is 5.69 Å². The highest BCUT2D eigenvalue weighted by molar-refractivity contribution is 7.89. The van der Waals surface area contributed by atoms with Crippen molar-refractivity contribution in [3.05, 3.63) is 17.2 Å². The number of nitrogens with one attached hydrogen (secondary N) is 1. The average molecular weight is 399 g/mol. The van der Waals surface area contributed by atoms with Crippen molar-refractivity contribution in [1.29, 1.82) is 0 Å². The van der Waals surface area contributed by atoms with Crippen LogP contribution in [0.15, 0.2) is 17.0 Å².